The van der Waals surface area contributed by atoms with Gasteiger partial charge in [0.2, 0.25) is 0 Å². The number of carbonyl (C=O) groups excluding carboxylic acids is 1. The summed E-state index contributed by atoms with van der Waals surface area (Å²) in [6, 6.07) is 11.4. The van der Waals surface area contributed by atoms with Crippen molar-refractivity contribution in [1.82, 2.24) is 10.3 Å². The summed E-state index contributed by atoms with van der Waals surface area (Å²) in [5.41, 5.74) is 3.69. The van der Waals surface area contributed by atoms with Gasteiger partial charge in [0.25, 0.3) is 0 Å². The van der Waals surface area contributed by atoms with Crippen LogP contribution >= 0.6 is 11.6 Å². The smallest absolute Gasteiger partial charge is 0.323 e. The third-order valence-electron chi connectivity index (χ3n) is 4.67. The Morgan fingerprint density at radius 3 is 2.84 bits per heavy atom. The molecule has 0 radical (unpaired) electrons. The fourth-order valence-corrected chi connectivity index (χ4v) is 3.79. The lowest BCUT2D eigenvalue weighted by molar-refractivity contribution is -0.143. The SMILES string of the molecule is COC(=O)[C@@H]1Cc2c([nH]c3ccccc23)[C@H](c2ccc(F)cc2Cl)N1. The number of esters is 1. The van der Waals surface area contributed by atoms with Crippen molar-refractivity contribution in [2.45, 2.75) is 18.5 Å². The number of carbonyl (C=O) groups is 1. The summed E-state index contributed by atoms with van der Waals surface area (Å²) in [6.07, 6.45) is 0.515. The van der Waals surface area contributed by atoms with E-state index >= 15 is 0 Å². The van der Waals surface area contributed by atoms with Crippen molar-refractivity contribution in [1.29, 1.82) is 0 Å². The van der Waals surface area contributed by atoms with Crippen LogP contribution in [0.1, 0.15) is 22.9 Å². The predicted molar refractivity (Wildman–Crippen MR) is 94.2 cm³/mol. The number of fused-ring (bicyclic) bond motifs is 3. The number of hydrogen-bond acceptors (Lipinski definition) is 3. The molecule has 2 aromatic carbocycles. The van der Waals surface area contributed by atoms with Crippen LogP contribution in [0, 0.1) is 5.82 Å². The van der Waals surface area contributed by atoms with Crippen LogP contribution in [0.3, 0.4) is 0 Å². The first-order chi connectivity index (χ1) is 12.1. The largest absolute Gasteiger partial charge is 0.468 e. The van der Waals surface area contributed by atoms with Gasteiger partial charge in [0.1, 0.15) is 11.9 Å². The third-order valence-corrected chi connectivity index (χ3v) is 5.00. The number of nitrogens with one attached hydrogen (secondary N) is 2. The summed E-state index contributed by atoms with van der Waals surface area (Å²) in [4.78, 5) is 15.6. The van der Waals surface area contributed by atoms with E-state index in [-0.39, 0.29) is 12.0 Å². The normalized spacial score (nSPS) is 19.6. The van der Waals surface area contributed by atoms with E-state index in [9.17, 15) is 9.18 Å². The van der Waals surface area contributed by atoms with Crippen molar-refractivity contribution in [3.05, 3.63) is 70.1 Å². The Labute approximate surface area is 148 Å². The second-order valence-electron chi connectivity index (χ2n) is 6.11. The minimum atomic E-state index is -0.497. The van der Waals surface area contributed by atoms with Crippen molar-refractivity contribution in [2.24, 2.45) is 0 Å². The van der Waals surface area contributed by atoms with Crippen LogP contribution in [0.15, 0.2) is 42.5 Å². The molecule has 4 rings (SSSR count). The van der Waals surface area contributed by atoms with E-state index in [2.05, 4.69) is 10.3 Å². The highest BCUT2D eigenvalue weighted by molar-refractivity contribution is 6.31. The van der Waals surface area contributed by atoms with Crippen molar-refractivity contribution >= 4 is 28.5 Å². The van der Waals surface area contributed by atoms with Crippen LogP contribution in [0.4, 0.5) is 4.39 Å². The Morgan fingerprint density at radius 2 is 2.08 bits per heavy atom. The number of halogens is 2. The van der Waals surface area contributed by atoms with Crippen LogP contribution < -0.4 is 5.32 Å². The number of aromatic amines is 1. The van der Waals surface area contributed by atoms with Crippen LogP contribution in [0.25, 0.3) is 10.9 Å². The van der Waals surface area contributed by atoms with Crippen molar-refractivity contribution in [2.75, 3.05) is 7.11 Å². The van der Waals surface area contributed by atoms with Gasteiger partial charge in [-0.1, -0.05) is 35.9 Å². The molecule has 0 bridgehead atoms. The summed E-state index contributed by atoms with van der Waals surface area (Å²) < 4.78 is 18.4. The first-order valence-corrected chi connectivity index (χ1v) is 8.34. The molecule has 0 saturated carbocycles. The average molecular weight is 359 g/mol. The van der Waals surface area contributed by atoms with Gasteiger partial charge in [-0.15, -0.1) is 0 Å². The zero-order valence-corrected chi connectivity index (χ0v) is 14.2. The molecule has 4 nitrogen and oxygen atoms in total. The van der Waals surface area contributed by atoms with Gasteiger partial charge in [-0.25, -0.2) is 4.39 Å². The van der Waals surface area contributed by atoms with Crippen LogP contribution in [0.2, 0.25) is 5.02 Å². The Kier molecular flexibility index (Phi) is 3.98. The maximum absolute atomic E-state index is 13.5. The number of ether oxygens (including phenoxy) is 1. The molecular weight excluding hydrogens is 343 g/mol. The molecule has 0 saturated heterocycles. The van der Waals surface area contributed by atoms with E-state index in [0.717, 1.165) is 22.2 Å². The fraction of sp³-hybridized carbons (Fsp3) is 0.211. The molecule has 1 aliphatic heterocycles. The number of H-pyrrole nitrogens is 1. The number of methoxy groups -OCH3 is 1. The molecule has 0 aliphatic carbocycles. The van der Waals surface area contributed by atoms with E-state index in [0.29, 0.717) is 17.0 Å². The summed E-state index contributed by atoms with van der Waals surface area (Å²) in [6.45, 7) is 0. The molecule has 2 heterocycles. The zero-order valence-electron chi connectivity index (χ0n) is 13.5. The van der Waals surface area contributed by atoms with Crippen molar-refractivity contribution in [3.8, 4) is 0 Å². The van der Waals surface area contributed by atoms with Crippen LogP contribution in [-0.2, 0) is 16.0 Å². The van der Waals surface area contributed by atoms with Gasteiger partial charge in [0, 0.05) is 28.0 Å². The monoisotopic (exact) mass is 358 g/mol. The second kappa shape index (κ2) is 6.17. The number of hydrogen-bond donors (Lipinski definition) is 2. The van der Waals surface area contributed by atoms with E-state index in [4.69, 9.17) is 16.3 Å². The van der Waals surface area contributed by atoms with Crippen molar-refractivity contribution < 1.29 is 13.9 Å². The lowest BCUT2D eigenvalue weighted by atomic mass is 9.90. The lowest BCUT2D eigenvalue weighted by Gasteiger charge is -2.30. The lowest BCUT2D eigenvalue weighted by Crippen LogP contribution is -2.45. The molecule has 0 spiro atoms. The van der Waals surface area contributed by atoms with Gasteiger partial charge in [-0.05, 0) is 29.3 Å². The van der Waals surface area contributed by atoms with E-state index in [1.807, 2.05) is 24.3 Å². The Balaban J connectivity index is 1.90. The maximum atomic E-state index is 13.5. The molecule has 25 heavy (non-hydrogen) atoms. The summed E-state index contributed by atoms with van der Waals surface area (Å²) in [5, 5.41) is 4.66. The summed E-state index contributed by atoms with van der Waals surface area (Å²) in [7, 11) is 1.37. The van der Waals surface area contributed by atoms with Gasteiger partial charge < -0.3 is 9.72 Å². The molecule has 3 aromatic rings. The third kappa shape index (κ3) is 2.69. The molecule has 2 atom stereocenters. The minimum absolute atomic E-state index is 0.313. The molecule has 0 fully saturated rings. The van der Waals surface area contributed by atoms with Gasteiger partial charge in [-0.2, -0.15) is 0 Å². The maximum Gasteiger partial charge on any atom is 0.323 e. The first-order valence-electron chi connectivity index (χ1n) is 7.97. The second-order valence-corrected chi connectivity index (χ2v) is 6.52. The standard InChI is InChI=1S/C19H16ClFN2O2/c1-25-19(24)16-9-13-11-4-2-3-5-15(11)22-18(13)17(23-16)12-7-6-10(21)8-14(12)20/h2-8,16-17,22-23H,9H2,1H3/t16-,17-/m0/s1. The highest BCUT2D eigenvalue weighted by atomic mass is 35.5. The van der Waals surface area contributed by atoms with Gasteiger partial charge in [0.05, 0.1) is 13.2 Å². The number of benzene rings is 2. The minimum Gasteiger partial charge on any atom is -0.468 e. The van der Waals surface area contributed by atoms with Crippen LogP contribution in [0.5, 0.6) is 0 Å². The highest BCUT2D eigenvalue weighted by Crippen LogP contribution is 2.37. The van der Waals surface area contributed by atoms with E-state index < -0.39 is 11.9 Å². The average Bonchev–Trinajstić information content (AvgIpc) is 2.99. The summed E-state index contributed by atoms with van der Waals surface area (Å²) >= 11 is 6.28. The van der Waals surface area contributed by atoms with Crippen molar-refractivity contribution in [3.63, 3.8) is 0 Å². The quantitative estimate of drug-likeness (QED) is 0.686. The molecule has 1 aliphatic rings. The number of rotatable bonds is 2. The fourth-order valence-electron chi connectivity index (χ4n) is 3.51. The Morgan fingerprint density at radius 1 is 1.28 bits per heavy atom. The molecule has 0 unspecified atom stereocenters. The molecule has 0 amide bonds. The first kappa shape index (κ1) is 16.1. The van der Waals surface area contributed by atoms with E-state index in [1.165, 1.54) is 19.2 Å². The Bertz CT molecular complexity index is 969. The van der Waals surface area contributed by atoms with Gasteiger partial charge in [0.15, 0.2) is 0 Å². The van der Waals surface area contributed by atoms with Gasteiger partial charge in [-0.3, -0.25) is 10.1 Å². The topological polar surface area (TPSA) is 54.1 Å². The molecular formula is C19H16ClFN2O2. The molecule has 2 N–H and O–H groups in total. The van der Waals surface area contributed by atoms with Crippen LogP contribution in [-0.4, -0.2) is 24.1 Å². The zero-order chi connectivity index (χ0) is 17.6. The summed E-state index contributed by atoms with van der Waals surface area (Å²) in [5.74, 6) is -0.731. The number of aromatic nitrogens is 1. The van der Waals surface area contributed by atoms with E-state index in [1.54, 1.807) is 6.07 Å². The van der Waals surface area contributed by atoms with Gasteiger partial charge >= 0.3 is 5.97 Å². The molecule has 128 valence electrons. The molecule has 6 heteroatoms. The Hall–Kier alpha value is -2.37. The predicted octanol–water partition coefficient (Wildman–Crippen LogP) is 3.74. The molecule has 1 aromatic heterocycles. The number of para-hydroxylation sites is 1. The highest BCUT2D eigenvalue weighted by Gasteiger charge is 2.35.